The van der Waals surface area contributed by atoms with Gasteiger partial charge in [-0.05, 0) is 49.6 Å². The first kappa shape index (κ1) is 9.42. The minimum absolute atomic E-state index is 0.283. The van der Waals surface area contributed by atoms with E-state index in [-0.39, 0.29) is 5.28 Å². The average molecular weight is 301 g/mol. The monoisotopic (exact) mass is 301 g/mol. The van der Waals surface area contributed by atoms with Gasteiger partial charge in [-0.1, -0.05) is 0 Å². The van der Waals surface area contributed by atoms with E-state index in [9.17, 15) is 0 Å². The second-order valence-corrected chi connectivity index (χ2v) is 3.96. The smallest absolute Gasteiger partial charge is 0.224 e. The van der Waals surface area contributed by atoms with E-state index < -0.39 is 0 Å². The SMILES string of the molecule is CPNc1nc(Cl)ncc1I. The van der Waals surface area contributed by atoms with Gasteiger partial charge in [0.25, 0.3) is 0 Å². The first-order valence-corrected chi connectivity index (χ1v) is 5.80. The van der Waals surface area contributed by atoms with Gasteiger partial charge in [-0.15, -0.1) is 0 Å². The van der Waals surface area contributed by atoms with Gasteiger partial charge in [-0.2, -0.15) is 4.98 Å². The van der Waals surface area contributed by atoms with Crippen LogP contribution in [0, 0.1) is 3.57 Å². The largest absolute Gasteiger partial charge is 0.351 e. The third-order valence-corrected chi connectivity index (χ3v) is 2.42. The van der Waals surface area contributed by atoms with Crippen molar-refractivity contribution in [1.29, 1.82) is 0 Å². The Morgan fingerprint density at radius 1 is 1.73 bits per heavy atom. The van der Waals surface area contributed by atoms with Crippen molar-refractivity contribution < 1.29 is 0 Å². The molecule has 0 radical (unpaired) electrons. The van der Waals surface area contributed by atoms with Gasteiger partial charge in [0, 0.05) is 6.20 Å². The van der Waals surface area contributed by atoms with Crippen LogP contribution in [0.3, 0.4) is 0 Å². The second-order valence-electron chi connectivity index (χ2n) is 1.71. The molecule has 6 heteroatoms. The third kappa shape index (κ3) is 2.69. The van der Waals surface area contributed by atoms with Crippen molar-refractivity contribution in [3.63, 3.8) is 0 Å². The van der Waals surface area contributed by atoms with Crippen LogP contribution in [0.5, 0.6) is 0 Å². The zero-order valence-electron chi connectivity index (χ0n) is 5.73. The van der Waals surface area contributed by atoms with Crippen molar-refractivity contribution in [2.24, 2.45) is 0 Å². The number of hydrogen-bond donors (Lipinski definition) is 1. The molecule has 1 unspecified atom stereocenters. The van der Waals surface area contributed by atoms with Gasteiger partial charge < -0.3 is 5.09 Å². The van der Waals surface area contributed by atoms with Gasteiger partial charge >= 0.3 is 0 Å². The minimum Gasteiger partial charge on any atom is -0.351 e. The highest BCUT2D eigenvalue weighted by Crippen LogP contribution is 2.19. The topological polar surface area (TPSA) is 37.8 Å². The Morgan fingerprint density at radius 3 is 3.09 bits per heavy atom. The number of rotatable bonds is 2. The first-order chi connectivity index (χ1) is 5.24. The molecule has 0 fully saturated rings. The molecule has 1 atom stereocenters. The van der Waals surface area contributed by atoms with Crippen molar-refractivity contribution in [3.05, 3.63) is 15.1 Å². The molecule has 0 aliphatic rings. The molecule has 1 N–H and O–H groups in total. The normalized spacial score (nSPS) is 10.8. The Kier molecular flexibility index (Phi) is 3.75. The second kappa shape index (κ2) is 4.38. The molecule has 60 valence electrons. The molecule has 1 aromatic rings. The molecule has 1 heterocycles. The highest BCUT2D eigenvalue weighted by molar-refractivity contribution is 14.1. The maximum atomic E-state index is 5.59. The molecular weight excluding hydrogens is 295 g/mol. The van der Waals surface area contributed by atoms with Gasteiger partial charge in [-0.3, -0.25) is 0 Å². The summed E-state index contributed by atoms with van der Waals surface area (Å²) < 4.78 is 0.987. The molecule has 11 heavy (non-hydrogen) atoms. The molecule has 0 saturated heterocycles. The summed E-state index contributed by atoms with van der Waals surface area (Å²) in [7, 11) is 0.624. The number of halogens is 2. The summed E-state index contributed by atoms with van der Waals surface area (Å²) >= 11 is 7.75. The van der Waals surface area contributed by atoms with Gasteiger partial charge in [0.2, 0.25) is 5.28 Å². The average Bonchev–Trinajstić information content (AvgIpc) is 1.98. The van der Waals surface area contributed by atoms with E-state index in [0.29, 0.717) is 8.73 Å². The lowest BCUT2D eigenvalue weighted by Crippen LogP contribution is -1.93. The minimum atomic E-state index is 0.283. The van der Waals surface area contributed by atoms with Crippen LogP contribution in [-0.4, -0.2) is 16.6 Å². The van der Waals surface area contributed by atoms with Gasteiger partial charge in [-0.25, -0.2) is 4.98 Å². The molecule has 0 spiro atoms. The van der Waals surface area contributed by atoms with Crippen LogP contribution in [-0.2, 0) is 0 Å². The van der Waals surface area contributed by atoms with Crippen molar-refractivity contribution in [2.75, 3.05) is 11.8 Å². The van der Waals surface area contributed by atoms with Crippen molar-refractivity contribution in [3.8, 4) is 0 Å². The van der Waals surface area contributed by atoms with E-state index >= 15 is 0 Å². The van der Waals surface area contributed by atoms with E-state index in [4.69, 9.17) is 11.6 Å². The fourth-order valence-corrected chi connectivity index (χ4v) is 1.76. The van der Waals surface area contributed by atoms with Crippen LogP contribution >= 0.6 is 42.9 Å². The van der Waals surface area contributed by atoms with Gasteiger partial charge in [0.15, 0.2) is 0 Å². The predicted octanol–water partition coefficient (Wildman–Crippen LogP) is 2.37. The lowest BCUT2D eigenvalue weighted by molar-refractivity contribution is 1.16. The summed E-state index contributed by atoms with van der Waals surface area (Å²) in [4.78, 5) is 7.84. The first-order valence-electron chi connectivity index (χ1n) is 2.85. The molecule has 0 saturated carbocycles. The van der Waals surface area contributed by atoms with Crippen LogP contribution in [0.2, 0.25) is 5.28 Å². The lowest BCUT2D eigenvalue weighted by atomic mass is 10.6. The van der Waals surface area contributed by atoms with Crippen LogP contribution in [0.25, 0.3) is 0 Å². The standard InChI is InChI=1S/C5H6ClIN3P/c1-11-10-4-3(7)2-8-5(6)9-4/h2,11H,1H3,(H,8,9,10). The summed E-state index contributed by atoms with van der Waals surface area (Å²) in [6.07, 6.45) is 1.69. The highest BCUT2D eigenvalue weighted by Gasteiger charge is 2.00. The summed E-state index contributed by atoms with van der Waals surface area (Å²) in [5, 5.41) is 3.38. The molecular formula is C5H6ClIN3P. The van der Waals surface area contributed by atoms with E-state index in [1.54, 1.807) is 6.20 Å². The molecule has 0 amide bonds. The summed E-state index contributed by atoms with van der Waals surface area (Å²) in [5.41, 5.74) is 0. The molecule has 0 aromatic carbocycles. The summed E-state index contributed by atoms with van der Waals surface area (Å²) in [5.74, 6) is 0.812. The van der Waals surface area contributed by atoms with E-state index in [0.717, 1.165) is 9.39 Å². The van der Waals surface area contributed by atoms with Crippen molar-refractivity contribution >= 4 is 48.7 Å². The molecule has 1 aromatic heterocycles. The predicted molar refractivity (Wildman–Crippen MR) is 57.6 cm³/mol. The number of nitrogens with one attached hydrogen (secondary N) is 1. The van der Waals surface area contributed by atoms with Gasteiger partial charge in [0.05, 0.1) is 3.57 Å². The molecule has 0 aliphatic carbocycles. The maximum Gasteiger partial charge on any atom is 0.224 e. The third-order valence-electron chi connectivity index (χ3n) is 0.958. The van der Waals surface area contributed by atoms with E-state index in [1.165, 1.54) is 0 Å². The Labute approximate surface area is 85.3 Å². The number of aromatic nitrogens is 2. The Morgan fingerprint density at radius 2 is 2.45 bits per heavy atom. The summed E-state index contributed by atoms with van der Waals surface area (Å²) in [6, 6.07) is 0. The Bertz CT molecular complexity index is 257. The molecule has 0 bridgehead atoms. The number of nitrogens with zero attached hydrogens (tertiary/aromatic N) is 2. The molecule has 1 rings (SSSR count). The Balaban J connectivity index is 2.93. The zero-order valence-corrected chi connectivity index (χ0v) is 9.64. The molecule has 3 nitrogen and oxygen atoms in total. The number of hydrogen-bond acceptors (Lipinski definition) is 3. The van der Waals surface area contributed by atoms with Gasteiger partial charge in [0.1, 0.15) is 5.82 Å². The van der Waals surface area contributed by atoms with Crippen LogP contribution < -0.4 is 5.09 Å². The fraction of sp³-hybridized carbons (Fsp3) is 0.200. The van der Waals surface area contributed by atoms with Crippen molar-refractivity contribution in [1.82, 2.24) is 9.97 Å². The van der Waals surface area contributed by atoms with E-state index in [2.05, 4.69) is 37.6 Å². The van der Waals surface area contributed by atoms with Crippen LogP contribution in [0.15, 0.2) is 6.20 Å². The number of anilines is 1. The quantitative estimate of drug-likeness (QED) is 0.518. The van der Waals surface area contributed by atoms with Crippen LogP contribution in [0.4, 0.5) is 5.82 Å². The molecule has 0 aliphatic heterocycles. The van der Waals surface area contributed by atoms with Crippen molar-refractivity contribution in [2.45, 2.75) is 0 Å². The highest BCUT2D eigenvalue weighted by atomic mass is 127. The fourth-order valence-electron chi connectivity index (χ4n) is 0.552. The zero-order chi connectivity index (χ0) is 8.27. The summed E-state index contributed by atoms with van der Waals surface area (Å²) in [6.45, 7) is 2.03. The van der Waals surface area contributed by atoms with Crippen LogP contribution in [0.1, 0.15) is 0 Å². The maximum absolute atomic E-state index is 5.59. The van der Waals surface area contributed by atoms with E-state index in [1.807, 2.05) is 6.66 Å². The Hall–Kier alpha value is 0.330. The lowest BCUT2D eigenvalue weighted by Gasteiger charge is -2.02.